The van der Waals surface area contributed by atoms with Gasteiger partial charge in [0.1, 0.15) is 0 Å². The van der Waals surface area contributed by atoms with Crippen LogP contribution in [0.1, 0.15) is 28.9 Å². The average Bonchev–Trinajstić information content (AvgIpc) is 2.04. The molecule has 1 aliphatic rings. The maximum atomic E-state index is 11.3. The van der Waals surface area contributed by atoms with Crippen LogP contribution in [0, 0.1) is 4.77 Å². The van der Waals surface area contributed by atoms with Crippen LogP contribution in [-0.2, 0) is 6.42 Å². The minimum Gasteiger partial charge on any atom is -0.334 e. The summed E-state index contributed by atoms with van der Waals surface area (Å²) in [6.45, 7) is 0. The Labute approximate surface area is 74.8 Å². The number of nitrogens with zero attached hydrogens (tertiary/aromatic N) is 1. The van der Waals surface area contributed by atoms with E-state index in [0.717, 1.165) is 24.1 Å². The van der Waals surface area contributed by atoms with Crippen LogP contribution in [0.15, 0.2) is 6.20 Å². The quantitative estimate of drug-likeness (QED) is 0.617. The van der Waals surface area contributed by atoms with Crippen molar-refractivity contribution in [1.82, 2.24) is 9.97 Å². The molecule has 1 heterocycles. The van der Waals surface area contributed by atoms with Gasteiger partial charge < -0.3 is 4.98 Å². The zero-order valence-electron chi connectivity index (χ0n) is 6.46. The Morgan fingerprint density at radius 2 is 2.33 bits per heavy atom. The van der Waals surface area contributed by atoms with Crippen molar-refractivity contribution >= 4 is 18.0 Å². The maximum absolute atomic E-state index is 11.3. The molecule has 62 valence electrons. The highest BCUT2D eigenvalue weighted by Crippen LogP contribution is 2.17. The number of aryl methyl sites for hydroxylation is 1. The van der Waals surface area contributed by atoms with E-state index in [0.29, 0.717) is 11.2 Å². The van der Waals surface area contributed by atoms with Crippen LogP contribution in [0.4, 0.5) is 0 Å². The van der Waals surface area contributed by atoms with Crippen molar-refractivity contribution in [1.29, 1.82) is 0 Å². The summed E-state index contributed by atoms with van der Waals surface area (Å²) in [5.74, 6) is 0.176. The lowest BCUT2D eigenvalue weighted by atomic mass is 9.96. The molecule has 1 N–H and O–H groups in total. The zero-order chi connectivity index (χ0) is 8.55. The number of carbonyl (C=O) groups excluding carboxylic acids is 1. The second-order valence-corrected chi connectivity index (χ2v) is 3.24. The van der Waals surface area contributed by atoms with Gasteiger partial charge in [-0.25, -0.2) is 4.98 Å². The third kappa shape index (κ3) is 1.18. The van der Waals surface area contributed by atoms with Crippen LogP contribution < -0.4 is 0 Å². The van der Waals surface area contributed by atoms with Crippen LogP contribution in [0.3, 0.4) is 0 Å². The van der Waals surface area contributed by atoms with Crippen molar-refractivity contribution in [2.45, 2.75) is 19.3 Å². The number of hydrogen-bond acceptors (Lipinski definition) is 3. The SMILES string of the molecule is O=C1CCCc2[nH]c(=S)ncc21. The van der Waals surface area contributed by atoms with Crippen molar-refractivity contribution in [3.63, 3.8) is 0 Å². The lowest BCUT2D eigenvalue weighted by Gasteiger charge is -2.12. The summed E-state index contributed by atoms with van der Waals surface area (Å²) in [5, 5.41) is 0. The lowest BCUT2D eigenvalue weighted by Crippen LogP contribution is -2.13. The zero-order valence-corrected chi connectivity index (χ0v) is 7.28. The van der Waals surface area contributed by atoms with Gasteiger partial charge in [0.15, 0.2) is 10.6 Å². The number of hydrogen-bond donors (Lipinski definition) is 1. The number of aromatic amines is 1. The van der Waals surface area contributed by atoms with Gasteiger partial charge in [0.05, 0.1) is 5.56 Å². The minimum absolute atomic E-state index is 0.176. The summed E-state index contributed by atoms with van der Waals surface area (Å²) in [5.41, 5.74) is 1.67. The van der Waals surface area contributed by atoms with Gasteiger partial charge in [-0.2, -0.15) is 0 Å². The van der Waals surface area contributed by atoms with Crippen LogP contribution >= 0.6 is 12.2 Å². The molecular weight excluding hydrogens is 172 g/mol. The average molecular weight is 180 g/mol. The fourth-order valence-electron chi connectivity index (χ4n) is 1.43. The first-order valence-corrected chi connectivity index (χ1v) is 4.29. The molecule has 1 aromatic heterocycles. The number of aromatic nitrogens is 2. The van der Waals surface area contributed by atoms with Crippen LogP contribution in [0.2, 0.25) is 0 Å². The highest BCUT2D eigenvalue weighted by Gasteiger charge is 2.16. The summed E-state index contributed by atoms with van der Waals surface area (Å²) in [7, 11) is 0. The van der Waals surface area contributed by atoms with Gasteiger partial charge in [-0.3, -0.25) is 4.79 Å². The first-order valence-electron chi connectivity index (χ1n) is 3.89. The lowest BCUT2D eigenvalue weighted by molar-refractivity contribution is 0.0971. The Morgan fingerprint density at radius 1 is 1.50 bits per heavy atom. The third-order valence-corrected chi connectivity index (χ3v) is 2.23. The van der Waals surface area contributed by atoms with Crippen LogP contribution in [-0.4, -0.2) is 15.8 Å². The number of H-pyrrole nitrogens is 1. The molecule has 4 heteroatoms. The first kappa shape index (κ1) is 7.61. The number of rotatable bonds is 0. The van der Waals surface area contributed by atoms with E-state index in [-0.39, 0.29) is 5.78 Å². The van der Waals surface area contributed by atoms with Crippen molar-refractivity contribution in [2.24, 2.45) is 0 Å². The van der Waals surface area contributed by atoms with E-state index >= 15 is 0 Å². The molecule has 0 bridgehead atoms. The number of Topliss-reactive ketones (excluding diaryl/α,β-unsaturated/α-hetero) is 1. The van der Waals surface area contributed by atoms with E-state index in [4.69, 9.17) is 12.2 Å². The molecule has 1 aromatic rings. The normalized spacial score (nSPS) is 15.8. The number of fused-ring (bicyclic) bond motifs is 1. The molecule has 12 heavy (non-hydrogen) atoms. The molecule has 0 spiro atoms. The van der Waals surface area contributed by atoms with Gasteiger partial charge in [0, 0.05) is 18.3 Å². The van der Waals surface area contributed by atoms with Crippen molar-refractivity contribution in [3.05, 3.63) is 22.2 Å². The van der Waals surface area contributed by atoms with Crippen LogP contribution in [0.25, 0.3) is 0 Å². The van der Waals surface area contributed by atoms with Gasteiger partial charge in [0.2, 0.25) is 0 Å². The summed E-state index contributed by atoms with van der Waals surface area (Å²) in [6, 6.07) is 0. The van der Waals surface area contributed by atoms with Gasteiger partial charge in [-0.15, -0.1) is 0 Å². The summed E-state index contributed by atoms with van der Waals surface area (Å²) < 4.78 is 0.462. The van der Waals surface area contributed by atoms with Gasteiger partial charge in [-0.05, 0) is 25.1 Å². The second-order valence-electron chi connectivity index (χ2n) is 2.86. The van der Waals surface area contributed by atoms with Gasteiger partial charge in [0.25, 0.3) is 0 Å². The molecule has 3 nitrogen and oxygen atoms in total. The number of carbonyl (C=O) groups is 1. The monoisotopic (exact) mass is 180 g/mol. The third-order valence-electron chi connectivity index (χ3n) is 2.02. The molecule has 0 radical (unpaired) electrons. The summed E-state index contributed by atoms with van der Waals surface area (Å²) >= 11 is 4.86. The van der Waals surface area contributed by atoms with E-state index in [1.165, 1.54) is 0 Å². The van der Waals surface area contributed by atoms with Crippen molar-refractivity contribution in [2.75, 3.05) is 0 Å². The molecule has 0 atom stereocenters. The Morgan fingerprint density at radius 3 is 3.17 bits per heavy atom. The smallest absolute Gasteiger partial charge is 0.196 e. The van der Waals surface area contributed by atoms with E-state index in [2.05, 4.69) is 9.97 Å². The highest BCUT2D eigenvalue weighted by molar-refractivity contribution is 7.71. The summed E-state index contributed by atoms with van der Waals surface area (Å²) in [6.07, 6.45) is 4.04. The topological polar surface area (TPSA) is 45.8 Å². The summed E-state index contributed by atoms with van der Waals surface area (Å²) in [4.78, 5) is 18.1. The van der Waals surface area contributed by atoms with E-state index in [1.807, 2.05) is 0 Å². The Balaban J connectivity index is 2.60. The molecule has 0 aliphatic heterocycles. The Bertz CT molecular complexity index is 383. The molecule has 0 saturated heterocycles. The Kier molecular flexibility index (Phi) is 1.77. The van der Waals surface area contributed by atoms with Gasteiger partial charge >= 0.3 is 0 Å². The molecule has 0 fully saturated rings. The fourth-order valence-corrected chi connectivity index (χ4v) is 1.60. The molecule has 2 rings (SSSR count). The highest BCUT2D eigenvalue weighted by atomic mass is 32.1. The number of nitrogens with one attached hydrogen (secondary N) is 1. The molecular formula is C8H8N2OS. The van der Waals surface area contributed by atoms with Gasteiger partial charge in [-0.1, -0.05) is 0 Å². The number of ketones is 1. The molecule has 0 unspecified atom stereocenters. The maximum Gasteiger partial charge on any atom is 0.196 e. The Hall–Kier alpha value is -1.03. The molecule has 0 aromatic carbocycles. The van der Waals surface area contributed by atoms with E-state index in [1.54, 1.807) is 6.20 Å². The van der Waals surface area contributed by atoms with Crippen LogP contribution in [0.5, 0.6) is 0 Å². The standard InChI is InChI=1S/C8H8N2OS/c11-7-3-1-2-6-5(7)4-9-8(12)10-6/h4H,1-3H2,(H,9,10,12). The fraction of sp³-hybridized carbons (Fsp3) is 0.375. The second kappa shape index (κ2) is 2.79. The van der Waals surface area contributed by atoms with E-state index < -0.39 is 0 Å². The predicted octanol–water partition coefficient (Wildman–Crippen LogP) is 1.66. The van der Waals surface area contributed by atoms with Crippen molar-refractivity contribution in [3.8, 4) is 0 Å². The minimum atomic E-state index is 0.176. The first-order chi connectivity index (χ1) is 5.77. The molecule has 0 amide bonds. The van der Waals surface area contributed by atoms with E-state index in [9.17, 15) is 4.79 Å². The predicted molar refractivity (Wildman–Crippen MR) is 46.7 cm³/mol. The van der Waals surface area contributed by atoms with Crippen molar-refractivity contribution < 1.29 is 4.79 Å². The molecule has 0 saturated carbocycles. The largest absolute Gasteiger partial charge is 0.334 e. The molecule has 1 aliphatic carbocycles.